The maximum absolute atomic E-state index is 10.9. The Morgan fingerprint density at radius 1 is 1.67 bits per heavy atom. The fourth-order valence-corrected chi connectivity index (χ4v) is 1.32. The molecule has 1 aromatic carbocycles. The molecule has 4 heteroatoms. The van der Waals surface area contributed by atoms with Crippen LogP contribution in [-0.4, -0.2) is 12.1 Å². The molecule has 0 radical (unpaired) electrons. The van der Waals surface area contributed by atoms with Crippen molar-refractivity contribution >= 4 is 17.8 Å². The normalized spacial score (nSPS) is 9.07. The largest absolute Gasteiger partial charge is 0.326 e. The number of nitrogens with one attached hydrogen (secondary N) is 2. The van der Waals surface area contributed by atoms with Crippen LogP contribution >= 0.6 is 0 Å². The summed E-state index contributed by atoms with van der Waals surface area (Å²) in [6.07, 6.45) is 1.39. The topological polar surface area (TPSA) is 76.7 Å². The molecule has 15 heavy (non-hydrogen) atoms. The molecule has 1 rings (SSSR count). The second-order valence-corrected chi connectivity index (χ2v) is 3.04. The van der Waals surface area contributed by atoms with Gasteiger partial charge in [-0.1, -0.05) is 12.1 Å². The molecule has 1 aromatic rings. The Balaban J connectivity index is 3.16. The van der Waals surface area contributed by atoms with Crippen LogP contribution in [0.2, 0.25) is 0 Å². The van der Waals surface area contributed by atoms with Gasteiger partial charge in [0.15, 0.2) is 0 Å². The Bertz CT molecular complexity index is 432. The first-order valence-corrected chi connectivity index (χ1v) is 4.46. The monoisotopic (exact) mass is 201 g/mol. The first-order chi connectivity index (χ1) is 7.19. The van der Waals surface area contributed by atoms with Gasteiger partial charge in [-0.05, 0) is 11.6 Å². The Morgan fingerprint density at radius 3 is 2.93 bits per heavy atom. The Morgan fingerprint density at radius 2 is 2.40 bits per heavy atom. The summed E-state index contributed by atoms with van der Waals surface area (Å²) in [6.45, 7) is 1.41. The van der Waals surface area contributed by atoms with Crippen molar-refractivity contribution in [3.63, 3.8) is 0 Å². The molecule has 0 bridgehead atoms. The maximum atomic E-state index is 10.9. The van der Waals surface area contributed by atoms with Crippen LogP contribution in [0.25, 0.3) is 0 Å². The summed E-state index contributed by atoms with van der Waals surface area (Å²) in [5, 5.41) is 18.5. The lowest BCUT2D eigenvalue weighted by atomic mass is 10.0. The third kappa shape index (κ3) is 2.64. The van der Waals surface area contributed by atoms with Crippen LogP contribution in [0.15, 0.2) is 18.2 Å². The minimum absolute atomic E-state index is 0.188. The van der Waals surface area contributed by atoms with E-state index < -0.39 is 0 Å². The highest BCUT2D eigenvalue weighted by molar-refractivity contribution is 5.96. The zero-order valence-corrected chi connectivity index (χ0v) is 8.37. The summed E-state index contributed by atoms with van der Waals surface area (Å²) < 4.78 is 0. The van der Waals surface area contributed by atoms with Crippen molar-refractivity contribution in [1.29, 1.82) is 10.7 Å². The molecular weight excluding hydrogens is 190 g/mol. The molecule has 0 unspecified atom stereocenters. The summed E-state index contributed by atoms with van der Waals surface area (Å²) in [5.74, 6) is -0.188. The molecule has 0 atom stereocenters. The van der Waals surface area contributed by atoms with Gasteiger partial charge in [0.2, 0.25) is 5.91 Å². The second-order valence-electron chi connectivity index (χ2n) is 3.04. The highest BCUT2D eigenvalue weighted by Gasteiger charge is 2.06. The average molecular weight is 201 g/mol. The number of nitriles is 1. The second kappa shape index (κ2) is 4.91. The standard InChI is InChI=1S/C11H11N3O/c1-8(15)14-11-4-2-3-9(5-6-12)10(11)7-13/h2-4,7,13H,5H2,1H3,(H,14,15). The van der Waals surface area contributed by atoms with Crippen molar-refractivity contribution < 1.29 is 4.79 Å². The third-order valence-corrected chi connectivity index (χ3v) is 1.92. The van der Waals surface area contributed by atoms with Gasteiger partial charge in [0.1, 0.15) is 0 Å². The number of hydrogen-bond acceptors (Lipinski definition) is 3. The van der Waals surface area contributed by atoms with Gasteiger partial charge in [-0.2, -0.15) is 5.26 Å². The van der Waals surface area contributed by atoms with Gasteiger partial charge in [0, 0.05) is 24.4 Å². The zero-order chi connectivity index (χ0) is 11.3. The number of nitrogens with zero attached hydrogens (tertiary/aromatic N) is 1. The van der Waals surface area contributed by atoms with Crippen molar-refractivity contribution in [2.45, 2.75) is 13.3 Å². The Labute approximate surface area is 88.0 Å². The van der Waals surface area contributed by atoms with E-state index in [0.29, 0.717) is 11.3 Å². The van der Waals surface area contributed by atoms with E-state index in [1.54, 1.807) is 18.2 Å². The fraction of sp³-hybridized carbons (Fsp3) is 0.182. The number of amides is 1. The SMILES string of the molecule is CC(=O)Nc1cccc(CC#N)c1C=N. The van der Waals surface area contributed by atoms with Crippen molar-refractivity contribution in [2.75, 3.05) is 5.32 Å². The highest BCUT2D eigenvalue weighted by atomic mass is 16.1. The summed E-state index contributed by atoms with van der Waals surface area (Å²) >= 11 is 0. The summed E-state index contributed by atoms with van der Waals surface area (Å²) in [5.41, 5.74) is 1.92. The Kier molecular flexibility index (Phi) is 3.58. The molecule has 0 saturated carbocycles. The number of carbonyl (C=O) groups excluding carboxylic acids is 1. The lowest BCUT2D eigenvalue weighted by Gasteiger charge is -2.09. The van der Waals surface area contributed by atoms with E-state index in [1.807, 2.05) is 6.07 Å². The number of rotatable bonds is 3. The van der Waals surface area contributed by atoms with E-state index in [0.717, 1.165) is 11.8 Å². The summed E-state index contributed by atoms with van der Waals surface area (Å²) in [7, 11) is 0. The van der Waals surface area contributed by atoms with Crippen molar-refractivity contribution in [3.05, 3.63) is 29.3 Å². The maximum Gasteiger partial charge on any atom is 0.221 e. The van der Waals surface area contributed by atoms with E-state index in [-0.39, 0.29) is 12.3 Å². The van der Waals surface area contributed by atoms with Gasteiger partial charge in [0.25, 0.3) is 0 Å². The molecule has 0 spiro atoms. The van der Waals surface area contributed by atoms with E-state index in [9.17, 15) is 4.79 Å². The molecule has 4 nitrogen and oxygen atoms in total. The molecule has 0 aliphatic rings. The molecule has 0 saturated heterocycles. The molecule has 0 fully saturated rings. The Hall–Kier alpha value is -2.15. The molecule has 76 valence electrons. The molecule has 0 aromatic heterocycles. The smallest absolute Gasteiger partial charge is 0.221 e. The number of benzene rings is 1. The first-order valence-electron chi connectivity index (χ1n) is 4.46. The van der Waals surface area contributed by atoms with Crippen LogP contribution in [0.5, 0.6) is 0 Å². The van der Waals surface area contributed by atoms with E-state index in [2.05, 4.69) is 5.32 Å². The quantitative estimate of drug-likeness (QED) is 0.730. The van der Waals surface area contributed by atoms with Crippen LogP contribution in [-0.2, 0) is 11.2 Å². The predicted molar refractivity (Wildman–Crippen MR) is 57.9 cm³/mol. The minimum Gasteiger partial charge on any atom is -0.326 e. The third-order valence-electron chi connectivity index (χ3n) is 1.92. The average Bonchev–Trinajstić information content (AvgIpc) is 2.18. The van der Waals surface area contributed by atoms with Gasteiger partial charge in [-0.15, -0.1) is 0 Å². The molecule has 2 N–H and O–H groups in total. The van der Waals surface area contributed by atoms with Gasteiger partial charge >= 0.3 is 0 Å². The van der Waals surface area contributed by atoms with Gasteiger partial charge < -0.3 is 10.7 Å². The van der Waals surface area contributed by atoms with Crippen LogP contribution in [0, 0.1) is 16.7 Å². The lowest BCUT2D eigenvalue weighted by molar-refractivity contribution is -0.114. The van der Waals surface area contributed by atoms with Gasteiger partial charge in [-0.3, -0.25) is 4.79 Å². The minimum atomic E-state index is -0.188. The van der Waals surface area contributed by atoms with Crippen LogP contribution < -0.4 is 5.32 Å². The van der Waals surface area contributed by atoms with Gasteiger partial charge in [-0.25, -0.2) is 0 Å². The van der Waals surface area contributed by atoms with Crippen LogP contribution in [0.4, 0.5) is 5.69 Å². The van der Waals surface area contributed by atoms with E-state index in [1.165, 1.54) is 6.92 Å². The molecule has 1 amide bonds. The van der Waals surface area contributed by atoms with Crippen molar-refractivity contribution in [1.82, 2.24) is 0 Å². The zero-order valence-electron chi connectivity index (χ0n) is 8.37. The van der Waals surface area contributed by atoms with Crippen molar-refractivity contribution in [2.24, 2.45) is 0 Å². The summed E-state index contributed by atoms with van der Waals surface area (Å²) in [4.78, 5) is 10.9. The highest BCUT2D eigenvalue weighted by Crippen LogP contribution is 2.18. The summed E-state index contributed by atoms with van der Waals surface area (Å²) in [6, 6.07) is 7.26. The van der Waals surface area contributed by atoms with Crippen LogP contribution in [0.3, 0.4) is 0 Å². The van der Waals surface area contributed by atoms with E-state index in [4.69, 9.17) is 10.7 Å². The van der Waals surface area contributed by atoms with Crippen LogP contribution in [0.1, 0.15) is 18.1 Å². The fourth-order valence-electron chi connectivity index (χ4n) is 1.32. The van der Waals surface area contributed by atoms with E-state index >= 15 is 0 Å². The first kappa shape index (κ1) is 10.9. The molecule has 0 heterocycles. The lowest BCUT2D eigenvalue weighted by Crippen LogP contribution is -2.09. The molecule has 0 aliphatic carbocycles. The number of anilines is 1. The van der Waals surface area contributed by atoms with Gasteiger partial charge in [0.05, 0.1) is 12.5 Å². The molecule has 0 aliphatic heterocycles. The predicted octanol–water partition coefficient (Wildman–Crippen LogP) is 1.71. The molecular formula is C11H11N3O. The number of hydrogen-bond donors (Lipinski definition) is 2. The number of carbonyl (C=O) groups is 1. The van der Waals surface area contributed by atoms with Crippen molar-refractivity contribution in [3.8, 4) is 6.07 Å².